The molecule has 9 heteroatoms. The average molecular weight is 697 g/mol. The Morgan fingerprint density at radius 1 is 0.519 bits per heavy atom. The fourth-order valence-electron chi connectivity index (χ4n) is 5.39. The monoisotopic (exact) mass is 696 g/mol. The van der Waals surface area contributed by atoms with E-state index in [1.807, 2.05) is 95.2 Å². The lowest BCUT2D eigenvalue weighted by molar-refractivity contribution is 0.0754. The van der Waals surface area contributed by atoms with Crippen LogP contribution in [-0.2, 0) is 0 Å². The Balaban J connectivity index is 1.15. The van der Waals surface area contributed by atoms with Crippen LogP contribution in [0.15, 0.2) is 121 Å². The van der Waals surface area contributed by atoms with Crippen molar-refractivity contribution in [2.75, 3.05) is 34.9 Å². The van der Waals surface area contributed by atoms with Crippen LogP contribution in [0.4, 0.5) is 22.7 Å². The Labute approximate surface area is 305 Å². The molecule has 0 fully saturated rings. The van der Waals surface area contributed by atoms with Crippen molar-refractivity contribution in [1.29, 1.82) is 0 Å². The zero-order chi connectivity index (χ0) is 37.6. The number of carbonyl (C=O) groups excluding carboxylic acids is 4. The van der Waals surface area contributed by atoms with Crippen LogP contribution < -0.4 is 25.6 Å². The lowest BCUT2D eigenvalue weighted by Crippen LogP contribution is -2.50. The number of hydrogen-bond acceptors (Lipinski definition) is 7. The van der Waals surface area contributed by atoms with Gasteiger partial charge in [0, 0.05) is 64.6 Å². The standard InChI is InChI=1S/C43H44N4O5/c1-28(48)29-8-12-31(13-9-29)40(50)45-34-18-24-37(25-19-34)52-38-26-20-35(21-27-38)46-43(4,5)42(2,3)39(49)30-10-14-32(15-11-30)41(51)44-33-16-22-36(23-17-33)47(6)7/h8-27,46H,1-7H3,(H,44,51)(H,45,50). The number of nitrogens with zero attached hydrogens (tertiary/aromatic N) is 1. The number of amides is 2. The van der Waals surface area contributed by atoms with Crippen LogP contribution in [0.5, 0.6) is 11.5 Å². The maximum atomic E-state index is 13.8. The molecule has 5 rings (SSSR count). The number of benzene rings is 5. The van der Waals surface area contributed by atoms with Gasteiger partial charge in [-0.15, -0.1) is 0 Å². The Hall–Kier alpha value is -6.22. The molecule has 0 saturated heterocycles. The number of carbonyl (C=O) groups is 4. The molecule has 52 heavy (non-hydrogen) atoms. The molecule has 5 aromatic rings. The summed E-state index contributed by atoms with van der Waals surface area (Å²) in [7, 11) is 3.91. The van der Waals surface area contributed by atoms with Crippen molar-refractivity contribution in [3.05, 3.63) is 144 Å². The van der Waals surface area contributed by atoms with Gasteiger partial charge in [0.25, 0.3) is 11.8 Å². The average Bonchev–Trinajstić information content (AvgIpc) is 3.13. The van der Waals surface area contributed by atoms with Crippen molar-refractivity contribution >= 4 is 46.1 Å². The number of Topliss-reactive ketones (excluding diaryl/α,β-unsaturated/α-hetero) is 2. The van der Waals surface area contributed by atoms with Gasteiger partial charge in [0.15, 0.2) is 11.6 Å². The quantitative estimate of drug-likeness (QED) is 0.105. The SMILES string of the molecule is CC(=O)c1ccc(C(=O)Nc2ccc(Oc3ccc(NC(C)(C)C(C)(C)C(=O)c4ccc(C(=O)Nc5ccc(N(C)C)cc5)cc4)cc3)cc2)cc1. The third-order valence-corrected chi connectivity index (χ3v) is 9.39. The number of ketones is 2. The lowest BCUT2D eigenvalue weighted by Gasteiger charge is -2.42. The van der Waals surface area contributed by atoms with Crippen molar-refractivity contribution in [1.82, 2.24) is 0 Å². The molecule has 0 aliphatic carbocycles. The van der Waals surface area contributed by atoms with Crippen LogP contribution in [0.25, 0.3) is 0 Å². The summed E-state index contributed by atoms with van der Waals surface area (Å²) in [6.07, 6.45) is 0. The van der Waals surface area contributed by atoms with E-state index in [-0.39, 0.29) is 23.4 Å². The Morgan fingerprint density at radius 3 is 1.33 bits per heavy atom. The van der Waals surface area contributed by atoms with E-state index in [0.29, 0.717) is 45.1 Å². The maximum Gasteiger partial charge on any atom is 0.255 e. The van der Waals surface area contributed by atoms with Gasteiger partial charge in [-0.3, -0.25) is 19.2 Å². The molecule has 0 unspecified atom stereocenters. The smallest absolute Gasteiger partial charge is 0.255 e. The van der Waals surface area contributed by atoms with E-state index in [9.17, 15) is 19.2 Å². The van der Waals surface area contributed by atoms with E-state index >= 15 is 0 Å². The molecule has 266 valence electrons. The molecule has 0 bridgehead atoms. The van der Waals surface area contributed by atoms with E-state index in [1.54, 1.807) is 72.8 Å². The van der Waals surface area contributed by atoms with E-state index in [2.05, 4.69) is 16.0 Å². The van der Waals surface area contributed by atoms with Crippen LogP contribution in [0, 0.1) is 5.41 Å². The normalized spacial score (nSPS) is 11.3. The molecule has 0 spiro atoms. The summed E-state index contributed by atoms with van der Waals surface area (Å²) in [5.41, 5.74) is 3.65. The van der Waals surface area contributed by atoms with Crippen molar-refractivity contribution in [2.45, 2.75) is 40.2 Å². The van der Waals surface area contributed by atoms with E-state index in [4.69, 9.17) is 4.74 Å². The zero-order valence-electron chi connectivity index (χ0n) is 30.5. The molecule has 3 N–H and O–H groups in total. The Morgan fingerprint density at radius 2 is 0.904 bits per heavy atom. The van der Waals surface area contributed by atoms with Gasteiger partial charge in [-0.25, -0.2) is 0 Å². The predicted molar refractivity (Wildman–Crippen MR) is 208 cm³/mol. The summed E-state index contributed by atoms with van der Waals surface area (Å²) in [6.45, 7) is 9.28. The first kappa shape index (κ1) is 37.0. The highest BCUT2D eigenvalue weighted by Gasteiger charge is 2.43. The summed E-state index contributed by atoms with van der Waals surface area (Å²) in [5.74, 6) is 0.581. The summed E-state index contributed by atoms with van der Waals surface area (Å²) < 4.78 is 6.02. The second-order valence-electron chi connectivity index (χ2n) is 13.9. The first-order valence-electron chi connectivity index (χ1n) is 16.9. The van der Waals surface area contributed by atoms with E-state index < -0.39 is 11.0 Å². The van der Waals surface area contributed by atoms with E-state index in [1.165, 1.54) is 6.92 Å². The van der Waals surface area contributed by atoms with Crippen LogP contribution in [0.2, 0.25) is 0 Å². The molecular weight excluding hydrogens is 652 g/mol. The van der Waals surface area contributed by atoms with Crippen LogP contribution in [0.1, 0.15) is 76.1 Å². The molecular formula is C43H44N4O5. The van der Waals surface area contributed by atoms with Gasteiger partial charge in [0.05, 0.1) is 5.41 Å². The molecule has 5 aromatic carbocycles. The predicted octanol–water partition coefficient (Wildman–Crippen LogP) is 9.35. The number of hydrogen-bond donors (Lipinski definition) is 3. The van der Waals surface area contributed by atoms with E-state index in [0.717, 1.165) is 11.4 Å². The Bertz CT molecular complexity index is 2050. The van der Waals surface area contributed by atoms with Crippen LogP contribution in [0.3, 0.4) is 0 Å². The summed E-state index contributed by atoms with van der Waals surface area (Å²) >= 11 is 0. The molecule has 9 nitrogen and oxygen atoms in total. The third-order valence-electron chi connectivity index (χ3n) is 9.39. The van der Waals surface area contributed by atoms with Crippen molar-refractivity contribution in [3.8, 4) is 11.5 Å². The van der Waals surface area contributed by atoms with Crippen LogP contribution >= 0.6 is 0 Å². The highest BCUT2D eigenvalue weighted by Crippen LogP contribution is 2.37. The summed E-state index contributed by atoms with van der Waals surface area (Å²) in [5, 5.41) is 9.27. The van der Waals surface area contributed by atoms with Crippen molar-refractivity contribution in [3.63, 3.8) is 0 Å². The van der Waals surface area contributed by atoms with Crippen LogP contribution in [-0.4, -0.2) is 43.0 Å². The molecule has 0 saturated carbocycles. The number of ether oxygens (including phenoxy) is 1. The molecule has 0 atom stereocenters. The largest absolute Gasteiger partial charge is 0.457 e. The lowest BCUT2D eigenvalue weighted by atomic mass is 9.69. The molecule has 0 heterocycles. The molecule has 2 amide bonds. The number of nitrogens with one attached hydrogen (secondary N) is 3. The van der Waals surface area contributed by atoms with Gasteiger partial charge in [-0.05, 0) is 118 Å². The topological polar surface area (TPSA) is 117 Å². The fourth-order valence-corrected chi connectivity index (χ4v) is 5.39. The number of anilines is 4. The highest BCUT2D eigenvalue weighted by molar-refractivity contribution is 6.06. The second-order valence-corrected chi connectivity index (χ2v) is 13.9. The Kier molecular flexibility index (Phi) is 10.9. The first-order chi connectivity index (χ1) is 24.6. The van der Waals surface area contributed by atoms with Gasteiger partial charge in [0.1, 0.15) is 11.5 Å². The van der Waals surface area contributed by atoms with Gasteiger partial charge >= 0.3 is 0 Å². The molecule has 0 radical (unpaired) electrons. The van der Waals surface area contributed by atoms with Crippen molar-refractivity contribution < 1.29 is 23.9 Å². The molecule has 0 aliphatic rings. The highest BCUT2D eigenvalue weighted by atomic mass is 16.5. The minimum atomic E-state index is -0.824. The zero-order valence-corrected chi connectivity index (χ0v) is 30.5. The summed E-state index contributed by atoms with van der Waals surface area (Å²) in [6, 6.07) is 35.3. The van der Waals surface area contributed by atoms with Gasteiger partial charge < -0.3 is 25.6 Å². The van der Waals surface area contributed by atoms with Gasteiger partial charge in [-0.1, -0.05) is 38.1 Å². The van der Waals surface area contributed by atoms with Gasteiger partial charge in [0.2, 0.25) is 0 Å². The number of rotatable bonds is 13. The molecule has 0 aromatic heterocycles. The molecule has 0 aliphatic heterocycles. The third kappa shape index (κ3) is 8.73. The van der Waals surface area contributed by atoms with Crippen molar-refractivity contribution in [2.24, 2.45) is 5.41 Å². The minimum Gasteiger partial charge on any atom is -0.457 e. The fraction of sp³-hybridized carbons (Fsp3) is 0.209. The first-order valence-corrected chi connectivity index (χ1v) is 16.9. The maximum absolute atomic E-state index is 13.8. The van der Waals surface area contributed by atoms with Gasteiger partial charge in [-0.2, -0.15) is 0 Å². The summed E-state index contributed by atoms with van der Waals surface area (Å²) in [4.78, 5) is 52.8. The minimum absolute atomic E-state index is 0.0540. The second kappa shape index (κ2) is 15.3.